The molecule has 8 heteroatoms. The SMILES string of the molecule is Cc1nc(C)n(CC2CCCN(Cc3cnc(N)s3)C2)n1.Cl. The van der Waals surface area contributed by atoms with E-state index in [1.54, 1.807) is 11.3 Å². The third kappa shape index (κ3) is 4.18. The lowest BCUT2D eigenvalue weighted by molar-refractivity contribution is 0.153. The molecule has 3 rings (SSSR count). The van der Waals surface area contributed by atoms with Gasteiger partial charge in [0, 0.05) is 30.7 Å². The van der Waals surface area contributed by atoms with Crippen molar-refractivity contribution in [2.75, 3.05) is 18.8 Å². The van der Waals surface area contributed by atoms with Crippen molar-refractivity contribution < 1.29 is 0 Å². The van der Waals surface area contributed by atoms with Crippen LogP contribution in [-0.4, -0.2) is 37.7 Å². The number of nitrogens with zero attached hydrogens (tertiary/aromatic N) is 5. The van der Waals surface area contributed by atoms with Gasteiger partial charge in [-0.2, -0.15) is 5.10 Å². The van der Waals surface area contributed by atoms with Gasteiger partial charge in [0.1, 0.15) is 11.6 Å². The van der Waals surface area contributed by atoms with Gasteiger partial charge in [0.25, 0.3) is 0 Å². The fourth-order valence-electron chi connectivity index (χ4n) is 3.04. The Kier molecular flexibility index (Phi) is 5.77. The van der Waals surface area contributed by atoms with Gasteiger partial charge in [0.15, 0.2) is 5.13 Å². The normalized spacial score (nSPS) is 19.1. The summed E-state index contributed by atoms with van der Waals surface area (Å²) in [7, 11) is 0. The third-order valence-electron chi connectivity index (χ3n) is 3.95. The van der Waals surface area contributed by atoms with Crippen LogP contribution in [0.5, 0.6) is 0 Å². The summed E-state index contributed by atoms with van der Waals surface area (Å²) in [6.45, 7) is 8.17. The first-order chi connectivity index (χ1) is 10.1. The first-order valence-electron chi connectivity index (χ1n) is 7.41. The topological polar surface area (TPSA) is 72.9 Å². The average Bonchev–Trinajstić information content (AvgIpc) is 2.96. The Hall–Kier alpha value is -1.18. The van der Waals surface area contributed by atoms with Crippen LogP contribution in [0.1, 0.15) is 29.4 Å². The maximum Gasteiger partial charge on any atom is 0.180 e. The van der Waals surface area contributed by atoms with Gasteiger partial charge in [0.05, 0.1) is 0 Å². The zero-order valence-corrected chi connectivity index (χ0v) is 14.7. The lowest BCUT2D eigenvalue weighted by atomic mass is 9.98. The van der Waals surface area contributed by atoms with Gasteiger partial charge in [-0.15, -0.1) is 23.7 Å². The zero-order valence-electron chi connectivity index (χ0n) is 13.0. The number of anilines is 1. The minimum absolute atomic E-state index is 0. The van der Waals surface area contributed by atoms with Crippen LogP contribution in [0.4, 0.5) is 5.13 Å². The predicted octanol–water partition coefficient (Wildman–Crippen LogP) is 2.27. The second kappa shape index (κ2) is 7.39. The van der Waals surface area contributed by atoms with E-state index in [1.165, 1.54) is 17.7 Å². The van der Waals surface area contributed by atoms with E-state index in [0.29, 0.717) is 11.0 Å². The molecule has 0 saturated carbocycles. The summed E-state index contributed by atoms with van der Waals surface area (Å²) >= 11 is 1.59. The molecule has 3 heterocycles. The van der Waals surface area contributed by atoms with Gasteiger partial charge in [-0.05, 0) is 39.2 Å². The number of nitrogens with two attached hydrogens (primary N) is 1. The van der Waals surface area contributed by atoms with Crippen molar-refractivity contribution in [3.05, 3.63) is 22.7 Å². The van der Waals surface area contributed by atoms with Gasteiger partial charge in [-0.25, -0.2) is 14.6 Å². The highest BCUT2D eigenvalue weighted by Gasteiger charge is 2.22. The van der Waals surface area contributed by atoms with Crippen LogP contribution in [0.15, 0.2) is 6.20 Å². The van der Waals surface area contributed by atoms with Crippen molar-refractivity contribution in [3.8, 4) is 0 Å². The number of thiazole rings is 1. The molecule has 0 amide bonds. The van der Waals surface area contributed by atoms with Gasteiger partial charge in [-0.1, -0.05) is 0 Å². The molecule has 6 nitrogen and oxygen atoms in total. The highest BCUT2D eigenvalue weighted by molar-refractivity contribution is 7.15. The molecule has 0 bridgehead atoms. The molecule has 0 spiro atoms. The minimum atomic E-state index is 0. The Bertz CT molecular complexity index is 610. The number of hydrogen-bond donors (Lipinski definition) is 1. The molecule has 122 valence electrons. The Balaban J connectivity index is 0.00000176. The van der Waals surface area contributed by atoms with Crippen LogP contribution in [0, 0.1) is 19.8 Å². The van der Waals surface area contributed by atoms with Crippen molar-refractivity contribution in [1.82, 2.24) is 24.6 Å². The van der Waals surface area contributed by atoms with Gasteiger partial charge < -0.3 is 5.73 Å². The van der Waals surface area contributed by atoms with Gasteiger partial charge >= 0.3 is 0 Å². The van der Waals surface area contributed by atoms with E-state index in [-0.39, 0.29) is 12.4 Å². The summed E-state index contributed by atoms with van der Waals surface area (Å²) in [4.78, 5) is 12.3. The molecule has 1 aliphatic heterocycles. The number of hydrogen-bond acceptors (Lipinski definition) is 6. The summed E-state index contributed by atoms with van der Waals surface area (Å²) in [6, 6.07) is 0. The number of likely N-dealkylation sites (tertiary alicyclic amines) is 1. The van der Waals surface area contributed by atoms with Crippen molar-refractivity contribution in [1.29, 1.82) is 0 Å². The van der Waals surface area contributed by atoms with E-state index in [1.807, 2.05) is 24.7 Å². The second-order valence-corrected chi connectivity index (χ2v) is 6.94. The molecule has 0 aromatic carbocycles. The van der Waals surface area contributed by atoms with Crippen LogP contribution in [0.3, 0.4) is 0 Å². The predicted molar refractivity (Wildman–Crippen MR) is 91.3 cm³/mol. The molecule has 2 aromatic heterocycles. The number of nitrogen functional groups attached to an aromatic ring is 1. The van der Waals surface area contributed by atoms with Crippen LogP contribution < -0.4 is 5.73 Å². The first-order valence-corrected chi connectivity index (χ1v) is 8.22. The maximum atomic E-state index is 5.70. The monoisotopic (exact) mass is 342 g/mol. The highest BCUT2D eigenvalue weighted by atomic mass is 35.5. The first kappa shape index (κ1) is 17.2. The molecule has 1 fully saturated rings. The van der Waals surface area contributed by atoms with Crippen LogP contribution in [-0.2, 0) is 13.1 Å². The average molecular weight is 343 g/mol. The minimum Gasteiger partial charge on any atom is -0.375 e. The van der Waals surface area contributed by atoms with Crippen molar-refractivity contribution in [2.24, 2.45) is 5.92 Å². The zero-order chi connectivity index (χ0) is 14.8. The van der Waals surface area contributed by atoms with Crippen molar-refractivity contribution >= 4 is 28.9 Å². The van der Waals surface area contributed by atoms with E-state index >= 15 is 0 Å². The number of aryl methyl sites for hydroxylation is 2. The van der Waals surface area contributed by atoms with Crippen LogP contribution >= 0.6 is 23.7 Å². The lowest BCUT2D eigenvalue weighted by Crippen LogP contribution is -2.36. The number of aromatic nitrogens is 4. The highest BCUT2D eigenvalue weighted by Crippen LogP contribution is 2.23. The molecular formula is C14H23ClN6S. The molecule has 1 atom stereocenters. The summed E-state index contributed by atoms with van der Waals surface area (Å²) in [6.07, 6.45) is 4.40. The number of piperidine rings is 1. The molecule has 2 N–H and O–H groups in total. The van der Waals surface area contributed by atoms with E-state index in [0.717, 1.165) is 37.8 Å². The van der Waals surface area contributed by atoms with Crippen molar-refractivity contribution in [2.45, 2.75) is 39.8 Å². The molecular weight excluding hydrogens is 320 g/mol. The van der Waals surface area contributed by atoms with E-state index in [2.05, 4.69) is 20.0 Å². The van der Waals surface area contributed by atoms with Gasteiger partial charge in [0.2, 0.25) is 0 Å². The Morgan fingerprint density at radius 2 is 2.23 bits per heavy atom. The molecule has 1 saturated heterocycles. The number of halogens is 1. The summed E-state index contributed by atoms with van der Waals surface area (Å²) in [5, 5.41) is 5.14. The third-order valence-corrected chi connectivity index (χ3v) is 4.76. The summed E-state index contributed by atoms with van der Waals surface area (Å²) < 4.78 is 2.05. The quantitative estimate of drug-likeness (QED) is 0.922. The standard InChI is InChI=1S/C14H22N6S.ClH/c1-10-17-11(2)20(18-10)8-12-4-3-5-19(7-12)9-13-6-16-14(15)21-13;/h6,12H,3-5,7-9H2,1-2H3,(H2,15,16);1H. The fraction of sp³-hybridized carbons (Fsp3) is 0.643. The second-order valence-electron chi connectivity index (χ2n) is 5.80. The molecule has 22 heavy (non-hydrogen) atoms. The van der Waals surface area contributed by atoms with Crippen molar-refractivity contribution in [3.63, 3.8) is 0 Å². The molecule has 0 aliphatic carbocycles. The fourth-order valence-corrected chi connectivity index (χ4v) is 3.77. The van der Waals surface area contributed by atoms with E-state index in [4.69, 9.17) is 5.73 Å². The lowest BCUT2D eigenvalue weighted by Gasteiger charge is -2.32. The molecule has 1 aliphatic rings. The molecule has 2 aromatic rings. The Morgan fingerprint density at radius 1 is 1.41 bits per heavy atom. The molecule has 1 unspecified atom stereocenters. The van der Waals surface area contributed by atoms with E-state index < -0.39 is 0 Å². The summed E-state index contributed by atoms with van der Waals surface area (Å²) in [5.74, 6) is 2.52. The maximum absolute atomic E-state index is 5.70. The van der Waals surface area contributed by atoms with Crippen LogP contribution in [0.25, 0.3) is 0 Å². The largest absolute Gasteiger partial charge is 0.375 e. The van der Waals surface area contributed by atoms with Crippen LogP contribution in [0.2, 0.25) is 0 Å². The summed E-state index contributed by atoms with van der Waals surface area (Å²) in [5.41, 5.74) is 5.70. The van der Waals surface area contributed by atoms with E-state index in [9.17, 15) is 0 Å². The Labute approximate surface area is 141 Å². The number of rotatable bonds is 4. The molecule has 0 radical (unpaired) electrons. The smallest absolute Gasteiger partial charge is 0.180 e. The van der Waals surface area contributed by atoms with Gasteiger partial charge in [-0.3, -0.25) is 4.90 Å². The Morgan fingerprint density at radius 3 is 2.86 bits per heavy atom.